The maximum atomic E-state index is 6.03. The summed E-state index contributed by atoms with van der Waals surface area (Å²) in [5.41, 5.74) is 2.73. The normalized spacial score (nSPS) is 11.8. The van der Waals surface area contributed by atoms with Crippen LogP contribution in [0.5, 0.6) is 17.2 Å². The van der Waals surface area contributed by atoms with E-state index in [1.165, 1.54) is 5.56 Å². The van der Waals surface area contributed by atoms with E-state index in [2.05, 4.69) is 4.99 Å². The fraction of sp³-hybridized carbons (Fsp3) is 0.125. The number of aryl methyl sites for hydroxylation is 1. The number of benzene rings is 3. The van der Waals surface area contributed by atoms with Gasteiger partial charge in [-0.2, -0.15) is 0 Å². The molecule has 28 heavy (non-hydrogen) atoms. The highest BCUT2D eigenvalue weighted by molar-refractivity contribution is 5.96. The summed E-state index contributed by atoms with van der Waals surface area (Å²) < 4.78 is 17.2. The van der Waals surface area contributed by atoms with E-state index in [0.717, 1.165) is 11.3 Å². The Morgan fingerprint density at radius 2 is 1.46 bits per heavy atom. The average molecular weight is 373 g/mol. The van der Waals surface area contributed by atoms with Crippen molar-refractivity contribution in [3.8, 4) is 17.2 Å². The summed E-state index contributed by atoms with van der Waals surface area (Å²) in [6, 6.07) is 25.0. The lowest BCUT2D eigenvalue weighted by atomic mass is 10.2. The van der Waals surface area contributed by atoms with Crippen molar-refractivity contribution in [2.45, 2.75) is 13.8 Å². The second-order valence-electron chi connectivity index (χ2n) is 6.24. The Balaban J connectivity index is 1.89. The van der Waals surface area contributed by atoms with E-state index in [9.17, 15) is 0 Å². The number of aliphatic imine (C=N–C) groups is 1. The number of hydrogen-bond acceptors (Lipinski definition) is 4. The van der Waals surface area contributed by atoms with Crippen LogP contribution in [0, 0.1) is 6.92 Å². The number of nitrogens with zero attached hydrogens (tertiary/aromatic N) is 1. The first-order chi connectivity index (χ1) is 13.7. The lowest BCUT2D eigenvalue weighted by Gasteiger charge is -2.11. The van der Waals surface area contributed by atoms with Crippen LogP contribution in [-0.4, -0.2) is 13.0 Å². The highest BCUT2D eigenvalue weighted by Gasteiger charge is 2.09. The molecule has 0 N–H and O–H groups in total. The van der Waals surface area contributed by atoms with Gasteiger partial charge in [0.05, 0.1) is 19.1 Å². The average Bonchev–Trinajstić information content (AvgIpc) is 2.74. The summed E-state index contributed by atoms with van der Waals surface area (Å²) in [5, 5.41) is 0. The van der Waals surface area contributed by atoms with E-state index in [1.807, 2.05) is 92.7 Å². The van der Waals surface area contributed by atoms with E-state index in [-0.39, 0.29) is 0 Å². The standard InChI is InChI=1S/C24H23NO3/c1-18-13-15-20(16-14-18)25-24(28-21-9-5-4-6-10-21)19(2)17-27-23-12-8-7-11-22(23)26-3/h4-17H,1-3H3/b19-17+,25-24?. The number of hydrogen-bond donors (Lipinski definition) is 0. The van der Waals surface area contributed by atoms with E-state index in [0.29, 0.717) is 23.1 Å². The third-order valence-corrected chi connectivity index (χ3v) is 3.99. The predicted molar refractivity (Wildman–Crippen MR) is 113 cm³/mol. The second kappa shape index (κ2) is 9.42. The molecule has 142 valence electrons. The quantitative estimate of drug-likeness (QED) is 0.298. The first kappa shape index (κ1) is 19.2. The molecule has 3 aromatic carbocycles. The molecule has 0 saturated heterocycles. The summed E-state index contributed by atoms with van der Waals surface area (Å²) in [7, 11) is 1.61. The third-order valence-electron chi connectivity index (χ3n) is 3.99. The smallest absolute Gasteiger partial charge is 0.225 e. The third kappa shape index (κ3) is 5.24. The maximum absolute atomic E-state index is 6.03. The van der Waals surface area contributed by atoms with Crippen molar-refractivity contribution in [2.24, 2.45) is 4.99 Å². The van der Waals surface area contributed by atoms with Crippen LogP contribution >= 0.6 is 0 Å². The summed E-state index contributed by atoms with van der Waals surface area (Å²) in [5.74, 6) is 2.45. The van der Waals surface area contributed by atoms with E-state index < -0.39 is 0 Å². The fourth-order valence-corrected chi connectivity index (χ4v) is 2.45. The SMILES string of the molecule is COc1ccccc1O/C=C(\C)C(=Nc1ccc(C)cc1)Oc1ccccc1. The van der Waals surface area contributed by atoms with Crippen molar-refractivity contribution >= 4 is 11.6 Å². The molecule has 0 radical (unpaired) electrons. The number of para-hydroxylation sites is 3. The van der Waals surface area contributed by atoms with Crippen LogP contribution in [0.1, 0.15) is 12.5 Å². The number of rotatable bonds is 6. The molecule has 3 rings (SSSR count). The van der Waals surface area contributed by atoms with Crippen LogP contribution in [0.3, 0.4) is 0 Å². The van der Waals surface area contributed by atoms with Crippen molar-refractivity contribution < 1.29 is 14.2 Å². The fourth-order valence-electron chi connectivity index (χ4n) is 2.45. The van der Waals surface area contributed by atoms with Gasteiger partial charge in [-0.05, 0) is 50.2 Å². The van der Waals surface area contributed by atoms with Gasteiger partial charge in [0.1, 0.15) is 5.75 Å². The molecule has 0 aliphatic heterocycles. The molecule has 0 atom stereocenters. The Morgan fingerprint density at radius 1 is 0.821 bits per heavy atom. The van der Waals surface area contributed by atoms with Crippen LogP contribution < -0.4 is 14.2 Å². The summed E-state index contributed by atoms with van der Waals surface area (Å²) in [6.07, 6.45) is 1.62. The first-order valence-electron chi connectivity index (χ1n) is 9.01. The van der Waals surface area contributed by atoms with Crippen molar-refractivity contribution in [2.75, 3.05) is 7.11 Å². The Kier molecular flexibility index (Phi) is 6.47. The van der Waals surface area contributed by atoms with Gasteiger partial charge in [0.25, 0.3) is 0 Å². The molecule has 0 amide bonds. The van der Waals surface area contributed by atoms with Gasteiger partial charge in [-0.1, -0.05) is 48.0 Å². The summed E-state index contributed by atoms with van der Waals surface area (Å²) in [6.45, 7) is 3.94. The molecule has 0 fully saturated rings. The topological polar surface area (TPSA) is 40.0 Å². The van der Waals surface area contributed by atoms with Gasteiger partial charge in [0.15, 0.2) is 11.5 Å². The Hall–Kier alpha value is -3.53. The van der Waals surface area contributed by atoms with Crippen LogP contribution in [0.2, 0.25) is 0 Å². The monoisotopic (exact) mass is 373 g/mol. The van der Waals surface area contributed by atoms with Gasteiger partial charge in [-0.3, -0.25) is 0 Å². The van der Waals surface area contributed by atoms with Gasteiger partial charge >= 0.3 is 0 Å². The molecule has 4 heteroatoms. The molecular formula is C24H23NO3. The molecule has 0 aliphatic rings. The zero-order chi connectivity index (χ0) is 19.8. The van der Waals surface area contributed by atoms with Gasteiger partial charge in [0.2, 0.25) is 5.90 Å². The minimum Gasteiger partial charge on any atom is -0.493 e. The lowest BCUT2D eigenvalue weighted by Crippen LogP contribution is -2.11. The Bertz CT molecular complexity index is 961. The molecule has 0 unspecified atom stereocenters. The van der Waals surface area contributed by atoms with Gasteiger partial charge in [-0.15, -0.1) is 0 Å². The molecule has 4 nitrogen and oxygen atoms in total. The van der Waals surface area contributed by atoms with Crippen LogP contribution in [0.15, 0.2) is 95.7 Å². The summed E-state index contributed by atoms with van der Waals surface area (Å²) in [4.78, 5) is 4.66. The Morgan fingerprint density at radius 3 is 2.14 bits per heavy atom. The highest BCUT2D eigenvalue weighted by atomic mass is 16.5. The molecule has 0 aliphatic carbocycles. The zero-order valence-corrected chi connectivity index (χ0v) is 16.3. The van der Waals surface area contributed by atoms with Crippen molar-refractivity contribution in [3.05, 3.63) is 96.3 Å². The largest absolute Gasteiger partial charge is 0.493 e. The Labute approximate surface area is 165 Å². The van der Waals surface area contributed by atoms with Gasteiger partial charge < -0.3 is 14.2 Å². The van der Waals surface area contributed by atoms with Crippen molar-refractivity contribution in [1.29, 1.82) is 0 Å². The van der Waals surface area contributed by atoms with Crippen LogP contribution in [0.4, 0.5) is 5.69 Å². The summed E-state index contributed by atoms with van der Waals surface area (Å²) >= 11 is 0. The predicted octanol–water partition coefficient (Wildman–Crippen LogP) is 6.10. The van der Waals surface area contributed by atoms with Crippen LogP contribution in [0.25, 0.3) is 0 Å². The molecule has 0 saturated carbocycles. The number of methoxy groups -OCH3 is 1. The maximum Gasteiger partial charge on any atom is 0.225 e. The zero-order valence-electron chi connectivity index (χ0n) is 16.3. The lowest BCUT2D eigenvalue weighted by molar-refractivity contribution is 0.377. The molecule has 0 aromatic heterocycles. The number of ether oxygens (including phenoxy) is 3. The van der Waals surface area contributed by atoms with Crippen molar-refractivity contribution in [3.63, 3.8) is 0 Å². The molecule has 0 bridgehead atoms. The first-order valence-corrected chi connectivity index (χ1v) is 9.01. The van der Waals surface area contributed by atoms with Gasteiger partial charge in [0, 0.05) is 5.57 Å². The molecule has 0 heterocycles. The van der Waals surface area contributed by atoms with Crippen molar-refractivity contribution in [1.82, 2.24) is 0 Å². The molecule has 3 aromatic rings. The minimum absolute atomic E-state index is 0.463. The molecular weight excluding hydrogens is 350 g/mol. The van der Waals surface area contributed by atoms with E-state index in [4.69, 9.17) is 14.2 Å². The van der Waals surface area contributed by atoms with E-state index >= 15 is 0 Å². The molecule has 0 spiro atoms. The second-order valence-corrected chi connectivity index (χ2v) is 6.24. The van der Waals surface area contributed by atoms with Crippen LogP contribution in [-0.2, 0) is 0 Å². The van der Waals surface area contributed by atoms with E-state index in [1.54, 1.807) is 13.4 Å². The highest BCUT2D eigenvalue weighted by Crippen LogP contribution is 2.26. The van der Waals surface area contributed by atoms with Gasteiger partial charge in [-0.25, -0.2) is 4.99 Å². The minimum atomic E-state index is 0.463.